The third kappa shape index (κ3) is 3.65. The van der Waals surface area contributed by atoms with Gasteiger partial charge in [-0.15, -0.1) is 0 Å². The summed E-state index contributed by atoms with van der Waals surface area (Å²) in [5, 5.41) is 7.09. The Morgan fingerprint density at radius 1 is 1.13 bits per heavy atom. The van der Waals surface area contributed by atoms with Crippen LogP contribution < -0.4 is 5.32 Å². The van der Waals surface area contributed by atoms with Crippen LogP contribution in [0.2, 0.25) is 0 Å². The van der Waals surface area contributed by atoms with Crippen LogP contribution in [-0.2, 0) is 0 Å². The SMILES string of the molecule is CC(NC(=O)c1ccc(Br)cc1)c1ccc(-n2cncn2)cc1. The quantitative estimate of drug-likeness (QED) is 0.764. The fraction of sp³-hybridized carbons (Fsp3) is 0.118. The van der Waals surface area contributed by atoms with E-state index in [4.69, 9.17) is 0 Å². The normalized spacial score (nSPS) is 11.9. The summed E-state index contributed by atoms with van der Waals surface area (Å²) in [6, 6.07) is 15.1. The van der Waals surface area contributed by atoms with Gasteiger partial charge in [-0.25, -0.2) is 9.67 Å². The van der Waals surface area contributed by atoms with E-state index in [9.17, 15) is 4.79 Å². The molecule has 116 valence electrons. The van der Waals surface area contributed by atoms with Gasteiger partial charge in [0, 0.05) is 10.0 Å². The van der Waals surface area contributed by atoms with Crippen molar-refractivity contribution < 1.29 is 4.79 Å². The molecule has 23 heavy (non-hydrogen) atoms. The first-order valence-electron chi connectivity index (χ1n) is 7.15. The maximum absolute atomic E-state index is 12.2. The van der Waals surface area contributed by atoms with Crippen LogP contribution in [0.5, 0.6) is 0 Å². The minimum absolute atomic E-state index is 0.0871. The average molecular weight is 371 g/mol. The second kappa shape index (κ2) is 6.75. The topological polar surface area (TPSA) is 59.8 Å². The predicted molar refractivity (Wildman–Crippen MR) is 91.4 cm³/mol. The van der Waals surface area contributed by atoms with Crippen LogP contribution in [0.1, 0.15) is 28.9 Å². The number of halogens is 1. The molecule has 1 atom stereocenters. The van der Waals surface area contributed by atoms with Gasteiger partial charge in [0.1, 0.15) is 12.7 Å². The van der Waals surface area contributed by atoms with E-state index in [0.29, 0.717) is 5.56 Å². The van der Waals surface area contributed by atoms with Gasteiger partial charge in [0.15, 0.2) is 0 Å². The molecule has 0 spiro atoms. The molecule has 0 fully saturated rings. The van der Waals surface area contributed by atoms with Gasteiger partial charge in [0.05, 0.1) is 11.7 Å². The second-order valence-corrected chi connectivity index (χ2v) is 6.05. The molecule has 5 nitrogen and oxygen atoms in total. The number of amides is 1. The van der Waals surface area contributed by atoms with Crippen molar-refractivity contribution in [2.45, 2.75) is 13.0 Å². The lowest BCUT2D eigenvalue weighted by atomic mass is 10.1. The van der Waals surface area contributed by atoms with Gasteiger partial charge in [0.25, 0.3) is 5.91 Å². The van der Waals surface area contributed by atoms with Crippen molar-refractivity contribution in [2.24, 2.45) is 0 Å². The Bertz CT molecular complexity index is 782. The zero-order valence-corrected chi connectivity index (χ0v) is 14.1. The molecular weight excluding hydrogens is 356 g/mol. The lowest BCUT2D eigenvalue weighted by molar-refractivity contribution is 0.0940. The van der Waals surface area contributed by atoms with E-state index in [1.165, 1.54) is 6.33 Å². The number of hydrogen-bond donors (Lipinski definition) is 1. The monoisotopic (exact) mass is 370 g/mol. The molecule has 0 saturated carbocycles. The minimum atomic E-state index is -0.0923. The standard InChI is InChI=1S/C17H15BrN4O/c1-12(21-17(23)14-2-6-15(18)7-3-14)13-4-8-16(9-5-13)22-11-19-10-20-22/h2-12H,1H3,(H,21,23). The Morgan fingerprint density at radius 2 is 1.83 bits per heavy atom. The largest absolute Gasteiger partial charge is 0.346 e. The third-order valence-electron chi connectivity index (χ3n) is 3.53. The zero-order chi connectivity index (χ0) is 16.2. The van der Waals surface area contributed by atoms with E-state index in [1.807, 2.05) is 43.3 Å². The molecule has 1 aromatic heterocycles. The molecular formula is C17H15BrN4O. The number of carbonyl (C=O) groups is 1. The number of nitrogens with zero attached hydrogens (tertiary/aromatic N) is 3. The highest BCUT2D eigenvalue weighted by molar-refractivity contribution is 9.10. The van der Waals surface area contributed by atoms with Gasteiger partial charge < -0.3 is 5.32 Å². The number of nitrogens with one attached hydrogen (secondary N) is 1. The molecule has 2 aromatic carbocycles. The number of carbonyl (C=O) groups excluding carboxylic acids is 1. The molecule has 3 rings (SSSR count). The van der Waals surface area contributed by atoms with Crippen LogP contribution in [0.4, 0.5) is 0 Å². The highest BCUT2D eigenvalue weighted by Crippen LogP contribution is 2.16. The van der Waals surface area contributed by atoms with E-state index in [-0.39, 0.29) is 11.9 Å². The second-order valence-electron chi connectivity index (χ2n) is 5.13. The average Bonchev–Trinajstić information content (AvgIpc) is 3.10. The summed E-state index contributed by atoms with van der Waals surface area (Å²) in [4.78, 5) is 16.2. The summed E-state index contributed by atoms with van der Waals surface area (Å²) >= 11 is 3.36. The van der Waals surface area contributed by atoms with Crippen molar-refractivity contribution in [3.8, 4) is 5.69 Å². The lowest BCUT2D eigenvalue weighted by Gasteiger charge is -2.15. The van der Waals surface area contributed by atoms with Crippen molar-refractivity contribution in [3.63, 3.8) is 0 Å². The molecule has 0 aliphatic rings. The summed E-state index contributed by atoms with van der Waals surface area (Å²) < 4.78 is 2.64. The molecule has 1 heterocycles. The van der Waals surface area contributed by atoms with Crippen LogP contribution in [0.15, 0.2) is 65.7 Å². The van der Waals surface area contributed by atoms with Gasteiger partial charge in [0.2, 0.25) is 0 Å². The maximum atomic E-state index is 12.2. The Balaban J connectivity index is 1.69. The fourth-order valence-electron chi connectivity index (χ4n) is 2.22. The van der Waals surface area contributed by atoms with Gasteiger partial charge in [-0.3, -0.25) is 4.79 Å². The Morgan fingerprint density at radius 3 is 2.43 bits per heavy atom. The van der Waals surface area contributed by atoms with E-state index in [1.54, 1.807) is 23.1 Å². The zero-order valence-electron chi connectivity index (χ0n) is 12.5. The van der Waals surface area contributed by atoms with Crippen molar-refractivity contribution >= 4 is 21.8 Å². The van der Waals surface area contributed by atoms with E-state index >= 15 is 0 Å². The number of benzene rings is 2. The van der Waals surface area contributed by atoms with Crippen LogP contribution in [0, 0.1) is 0 Å². The van der Waals surface area contributed by atoms with Crippen molar-refractivity contribution in [1.82, 2.24) is 20.1 Å². The maximum Gasteiger partial charge on any atom is 0.251 e. The first-order chi connectivity index (χ1) is 11.1. The molecule has 0 bridgehead atoms. The summed E-state index contributed by atoms with van der Waals surface area (Å²) in [5.41, 5.74) is 2.59. The van der Waals surface area contributed by atoms with Gasteiger partial charge in [-0.05, 0) is 48.9 Å². The summed E-state index contributed by atoms with van der Waals surface area (Å²) in [6.45, 7) is 1.96. The molecule has 1 N–H and O–H groups in total. The molecule has 3 aromatic rings. The number of aromatic nitrogens is 3. The summed E-state index contributed by atoms with van der Waals surface area (Å²) in [7, 11) is 0. The van der Waals surface area contributed by atoms with E-state index < -0.39 is 0 Å². The third-order valence-corrected chi connectivity index (χ3v) is 4.06. The molecule has 1 amide bonds. The highest BCUT2D eigenvalue weighted by Gasteiger charge is 2.11. The summed E-state index contributed by atoms with van der Waals surface area (Å²) in [6.07, 6.45) is 3.14. The van der Waals surface area contributed by atoms with Crippen molar-refractivity contribution in [1.29, 1.82) is 0 Å². The van der Waals surface area contributed by atoms with Crippen molar-refractivity contribution in [3.05, 3.63) is 76.8 Å². The lowest BCUT2D eigenvalue weighted by Crippen LogP contribution is -2.26. The Kier molecular flexibility index (Phi) is 4.52. The molecule has 0 radical (unpaired) electrons. The minimum Gasteiger partial charge on any atom is -0.346 e. The summed E-state index contributed by atoms with van der Waals surface area (Å²) in [5.74, 6) is -0.0923. The van der Waals surface area contributed by atoms with Crippen molar-refractivity contribution in [2.75, 3.05) is 0 Å². The predicted octanol–water partition coefficient (Wildman–Crippen LogP) is 3.52. The molecule has 6 heteroatoms. The Hall–Kier alpha value is -2.47. The molecule has 0 saturated heterocycles. The number of hydrogen-bond acceptors (Lipinski definition) is 3. The highest BCUT2D eigenvalue weighted by atomic mass is 79.9. The molecule has 1 unspecified atom stereocenters. The van der Waals surface area contributed by atoms with Gasteiger partial charge in [-0.2, -0.15) is 5.10 Å². The van der Waals surface area contributed by atoms with Gasteiger partial charge in [-0.1, -0.05) is 28.1 Å². The fourth-order valence-corrected chi connectivity index (χ4v) is 2.49. The molecule has 0 aliphatic heterocycles. The van der Waals surface area contributed by atoms with Gasteiger partial charge >= 0.3 is 0 Å². The smallest absolute Gasteiger partial charge is 0.251 e. The van der Waals surface area contributed by atoms with E-state index in [2.05, 4.69) is 31.3 Å². The molecule has 0 aliphatic carbocycles. The first kappa shape index (κ1) is 15.4. The van der Waals surface area contributed by atoms with Crippen LogP contribution in [0.25, 0.3) is 5.69 Å². The van der Waals surface area contributed by atoms with Crippen LogP contribution in [0.3, 0.4) is 0 Å². The first-order valence-corrected chi connectivity index (χ1v) is 7.94. The Labute approximate surface area is 142 Å². The van der Waals surface area contributed by atoms with Crippen LogP contribution in [-0.4, -0.2) is 20.7 Å². The van der Waals surface area contributed by atoms with Crippen LogP contribution >= 0.6 is 15.9 Å². The van der Waals surface area contributed by atoms with E-state index in [0.717, 1.165) is 15.7 Å². The number of rotatable bonds is 4.